The summed E-state index contributed by atoms with van der Waals surface area (Å²) in [6.45, 7) is 5.16. The molecule has 0 amide bonds. The van der Waals surface area contributed by atoms with E-state index in [1.165, 1.54) is 6.07 Å². The van der Waals surface area contributed by atoms with Crippen LogP contribution in [-0.2, 0) is 5.60 Å². The highest BCUT2D eigenvalue weighted by atomic mass is 35.5. The van der Waals surface area contributed by atoms with E-state index in [1.807, 2.05) is 0 Å². The van der Waals surface area contributed by atoms with Crippen LogP contribution < -0.4 is 0 Å². The van der Waals surface area contributed by atoms with Crippen molar-refractivity contribution in [2.24, 2.45) is 0 Å². The molecule has 0 bridgehead atoms. The van der Waals surface area contributed by atoms with E-state index in [9.17, 15) is 10.2 Å². The Hall–Kier alpha value is -0.990. The van der Waals surface area contributed by atoms with Gasteiger partial charge >= 0.3 is 0 Å². The fourth-order valence-corrected chi connectivity index (χ4v) is 1.50. The van der Waals surface area contributed by atoms with Gasteiger partial charge in [-0.05, 0) is 31.5 Å². The smallest absolute Gasteiger partial charge is 0.121 e. The first-order chi connectivity index (χ1) is 6.47. The van der Waals surface area contributed by atoms with E-state index in [0.29, 0.717) is 17.0 Å². The van der Waals surface area contributed by atoms with Gasteiger partial charge < -0.3 is 10.2 Å². The molecule has 1 aromatic carbocycles. The molecule has 2 N–H and O–H groups in total. The molecule has 0 aliphatic carbocycles. The van der Waals surface area contributed by atoms with Crippen molar-refractivity contribution in [3.63, 3.8) is 0 Å². The Kier molecular flexibility index (Phi) is 3.19. The molecule has 1 aromatic rings. The van der Waals surface area contributed by atoms with Gasteiger partial charge in [0.1, 0.15) is 5.75 Å². The van der Waals surface area contributed by atoms with E-state index in [2.05, 4.69) is 6.58 Å². The zero-order valence-electron chi connectivity index (χ0n) is 8.00. The third-order valence-corrected chi connectivity index (χ3v) is 2.32. The van der Waals surface area contributed by atoms with Gasteiger partial charge in [0.05, 0.1) is 5.60 Å². The molecule has 0 saturated carbocycles. The van der Waals surface area contributed by atoms with Crippen LogP contribution in [-0.4, -0.2) is 10.2 Å². The van der Waals surface area contributed by atoms with Crippen molar-refractivity contribution in [2.75, 3.05) is 0 Å². The van der Waals surface area contributed by atoms with Gasteiger partial charge in [-0.15, -0.1) is 6.58 Å². The van der Waals surface area contributed by atoms with Crippen molar-refractivity contribution in [2.45, 2.75) is 18.9 Å². The molecule has 0 heterocycles. The number of benzene rings is 1. The van der Waals surface area contributed by atoms with Gasteiger partial charge in [-0.3, -0.25) is 0 Å². The molecular weight excluding hydrogens is 200 g/mol. The Morgan fingerprint density at radius 1 is 1.57 bits per heavy atom. The van der Waals surface area contributed by atoms with Crippen molar-refractivity contribution in [3.8, 4) is 5.75 Å². The SMILES string of the molecule is C=CC[C@@](C)(O)c1cc(Cl)ccc1O. The van der Waals surface area contributed by atoms with Crippen LogP contribution in [0, 0.1) is 0 Å². The lowest BCUT2D eigenvalue weighted by Crippen LogP contribution is -2.20. The van der Waals surface area contributed by atoms with Crippen LogP contribution in [0.4, 0.5) is 0 Å². The molecule has 1 atom stereocenters. The predicted molar refractivity (Wildman–Crippen MR) is 57.5 cm³/mol. The minimum absolute atomic E-state index is 0.0428. The number of halogens is 1. The second kappa shape index (κ2) is 4.03. The Morgan fingerprint density at radius 3 is 2.79 bits per heavy atom. The Bertz CT molecular complexity index is 345. The first-order valence-corrected chi connectivity index (χ1v) is 4.67. The Labute approximate surface area is 88.5 Å². The van der Waals surface area contributed by atoms with Crippen LogP contribution in [0.1, 0.15) is 18.9 Å². The van der Waals surface area contributed by atoms with Gasteiger partial charge in [0, 0.05) is 10.6 Å². The van der Waals surface area contributed by atoms with E-state index < -0.39 is 5.60 Å². The summed E-state index contributed by atoms with van der Waals surface area (Å²) in [6.07, 6.45) is 1.96. The number of phenolic OH excluding ortho intramolecular Hbond substituents is 1. The third-order valence-electron chi connectivity index (χ3n) is 2.08. The van der Waals surface area contributed by atoms with Crippen LogP contribution in [0.5, 0.6) is 5.75 Å². The van der Waals surface area contributed by atoms with Crippen LogP contribution in [0.25, 0.3) is 0 Å². The van der Waals surface area contributed by atoms with Crippen molar-refractivity contribution in [1.29, 1.82) is 0 Å². The molecule has 1 rings (SSSR count). The number of aliphatic hydroxyl groups is 1. The monoisotopic (exact) mass is 212 g/mol. The maximum Gasteiger partial charge on any atom is 0.121 e. The number of phenols is 1. The molecule has 14 heavy (non-hydrogen) atoms. The standard InChI is InChI=1S/C11H13ClO2/c1-3-6-11(2,14)9-7-8(12)4-5-10(9)13/h3-5,7,13-14H,1,6H2,2H3/t11-/m1/s1. The second-order valence-electron chi connectivity index (χ2n) is 3.43. The van der Waals surface area contributed by atoms with Gasteiger partial charge in [-0.25, -0.2) is 0 Å². The molecule has 0 fully saturated rings. The van der Waals surface area contributed by atoms with Crippen molar-refractivity contribution in [3.05, 3.63) is 41.4 Å². The zero-order valence-corrected chi connectivity index (χ0v) is 8.75. The maximum absolute atomic E-state index is 10.0. The zero-order chi connectivity index (χ0) is 10.8. The Morgan fingerprint density at radius 2 is 2.21 bits per heavy atom. The molecule has 3 heteroatoms. The molecule has 0 aliphatic heterocycles. The van der Waals surface area contributed by atoms with Crippen LogP contribution >= 0.6 is 11.6 Å². The summed E-state index contributed by atoms with van der Waals surface area (Å²) in [6, 6.07) is 4.60. The quantitative estimate of drug-likeness (QED) is 0.757. The predicted octanol–water partition coefficient (Wildman–Crippen LogP) is 2.83. The lowest BCUT2D eigenvalue weighted by molar-refractivity contribution is 0.0581. The summed E-state index contributed by atoms with van der Waals surface area (Å²) in [5.41, 5.74) is -0.707. The molecule has 0 aromatic heterocycles. The summed E-state index contributed by atoms with van der Waals surface area (Å²) < 4.78 is 0. The first kappa shape index (κ1) is 11.1. The third kappa shape index (κ3) is 2.28. The summed E-state index contributed by atoms with van der Waals surface area (Å²) in [7, 11) is 0. The fraction of sp³-hybridized carbons (Fsp3) is 0.273. The van der Waals surface area contributed by atoms with E-state index in [-0.39, 0.29) is 5.75 Å². The Balaban J connectivity index is 3.16. The number of aromatic hydroxyl groups is 1. The molecule has 0 unspecified atom stereocenters. The van der Waals surface area contributed by atoms with Gasteiger partial charge in [-0.1, -0.05) is 17.7 Å². The summed E-state index contributed by atoms with van der Waals surface area (Å²) >= 11 is 5.77. The van der Waals surface area contributed by atoms with E-state index >= 15 is 0 Å². The highest BCUT2D eigenvalue weighted by Gasteiger charge is 2.24. The van der Waals surface area contributed by atoms with Gasteiger partial charge in [-0.2, -0.15) is 0 Å². The molecule has 0 aliphatic rings. The van der Waals surface area contributed by atoms with Crippen molar-refractivity contribution < 1.29 is 10.2 Å². The number of rotatable bonds is 3. The summed E-state index contributed by atoms with van der Waals surface area (Å²) in [5.74, 6) is 0.0428. The van der Waals surface area contributed by atoms with Crippen molar-refractivity contribution >= 4 is 11.6 Å². The maximum atomic E-state index is 10.0. The van der Waals surface area contributed by atoms with E-state index in [0.717, 1.165) is 0 Å². The van der Waals surface area contributed by atoms with Crippen LogP contribution in [0.2, 0.25) is 5.02 Å². The van der Waals surface area contributed by atoms with Gasteiger partial charge in [0.2, 0.25) is 0 Å². The molecular formula is C11H13ClO2. The summed E-state index contributed by atoms with van der Waals surface area (Å²) in [4.78, 5) is 0. The average molecular weight is 213 g/mol. The normalized spacial score (nSPS) is 14.8. The minimum atomic E-state index is -1.13. The number of hydrogen-bond donors (Lipinski definition) is 2. The lowest BCUT2D eigenvalue weighted by Gasteiger charge is -2.23. The highest BCUT2D eigenvalue weighted by Crippen LogP contribution is 2.33. The van der Waals surface area contributed by atoms with Gasteiger partial charge in [0.25, 0.3) is 0 Å². The number of hydrogen-bond acceptors (Lipinski definition) is 2. The molecule has 76 valence electrons. The van der Waals surface area contributed by atoms with Crippen molar-refractivity contribution in [1.82, 2.24) is 0 Å². The van der Waals surface area contributed by atoms with Gasteiger partial charge in [0.15, 0.2) is 0 Å². The van der Waals surface area contributed by atoms with E-state index in [1.54, 1.807) is 25.1 Å². The van der Waals surface area contributed by atoms with Crippen LogP contribution in [0.15, 0.2) is 30.9 Å². The minimum Gasteiger partial charge on any atom is -0.508 e. The lowest BCUT2D eigenvalue weighted by atomic mass is 9.92. The molecule has 0 radical (unpaired) electrons. The average Bonchev–Trinajstić information content (AvgIpc) is 2.09. The largest absolute Gasteiger partial charge is 0.508 e. The highest BCUT2D eigenvalue weighted by molar-refractivity contribution is 6.30. The molecule has 2 nitrogen and oxygen atoms in total. The topological polar surface area (TPSA) is 40.5 Å². The molecule has 0 saturated heterocycles. The second-order valence-corrected chi connectivity index (χ2v) is 3.86. The molecule has 0 spiro atoms. The van der Waals surface area contributed by atoms with Crippen LogP contribution in [0.3, 0.4) is 0 Å². The first-order valence-electron chi connectivity index (χ1n) is 4.29. The summed E-state index contributed by atoms with van der Waals surface area (Å²) in [5, 5.41) is 20.0. The fourth-order valence-electron chi connectivity index (χ4n) is 1.33. The van der Waals surface area contributed by atoms with E-state index in [4.69, 9.17) is 11.6 Å².